The van der Waals surface area contributed by atoms with E-state index in [1.54, 1.807) is 0 Å². The molecule has 0 bridgehead atoms. The summed E-state index contributed by atoms with van der Waals surface area (Å²) in [6.07, 6.45) is 2.03. The molecule has 1 atom stereocenters. The van der Waals surface area contributed by atoms with E-state index < -0.39 is 0 Å². The highest BCUT2D eigenvalue weighted by molar-refractivity contribution is 6.17. The van der Waals surface area contributed by atoms with Crippen LogP contribution in [0.4, 0.5) is 0 Å². The molecule has 1 saturated heterocycles. The van der Waals surface area contributed by atoms with E-state index in [0.29, 0.717) is 17.4 Å². The Hall–Kier alpha value is -1.06. The lowest BCUT2D eigenvalue weighted by molar-refractivity contribution is 0.0538. The Morgan fingerprint density at radius 3 is 2.89 bits per heavy atom. The van der Waals surface area contributed by atoms with Gasteiger partial charge in [-0.15, -0.1) is 11.6 Å². The maximum Gasteiger partial charge on any atom is 0.251 e. The largest absolute Gasteiger partial charge is 0.381 e. The van der Waals surface area contributed by atoms with Crippen LogP contribution in [0, 0.1) is 5.92 Å². The van der Waals surface area contributed by atoms with E-state index in [4.69, 9.17) is 16.3 Å². The standard InChI is InChI=1S/C15H20ClNO2/c1-11(13-5-7-19-8-6-13)17-15(18)14-4-2-3-12(9-14)10-16/h2-4,9,11,13H,5-8,10H2,1H3,(H,17,18). The number of carbonyl (C=O) groups is 1. The van der Waals surface area contributed by atoms with Crippen molar-refractivity contribution in [3.8, 4) is 0 Å². The molecular weight excluding hydrogens is 262 g/mol. The van der Waals surface area contributed by atoms with Crippen molar-refractivity contribution in [1.29, 1.82) is 0 Å². The van der Waals surface area contributed by atoms with Gasteiger partial charge in [0.1, 0.15) is 0 Å². The van der Waals surface area contributed by atoms with Crippen LogP contribution in [0.3, 0.4) is 0 Å². The number of nitrogens with one attached hydrogen (secondary N) is 1. The summed E-state index contributed by atoms with van der Waals surface area (Å²) >= 11 is 5.79. The zero-order chi connectivity index (χ0) is 13.7. The van der Waals surface area contributed by atoms with Crippen molar-refractivity contribution < 1.29 is 9.53 Å². The van der Waals surface area contributed by atoms with Crippen LogP contribution < -0.4 is 5.32 Å². The third kappa shape index (κ3) is 3.95. The highest BCUT2D eigenvalue weighted by atomic mass is 35.5. The summed E-state index contributed by atoms with van der Waals surface area (Å²) in [4.78, 5) is 12.2. The molecule has 1 aliphatic heterocycles. The molecule has 0 radical (unpaired) electrons. The number of alkyl halides is 1. The minimum atomic E-state index is -0.0223. The summed E-state index contributed by atoms with van der Waals surface area (Å²) in [5.74, 6) is 0.913. The lowest BCUT2D eigenvalue weighted by Crippen LogP contribution is -2.40. The van der Waals surface area contributed by atoms with Gasteiger partial charge < -0.3 is 10.1 Å². The van der Waals surface area contributed by atoms with Gasteiger partial charge in [-0.2, -0.15) is 0 Å². The maximum atomic E-state index is 12.2. The number of ether oxygens (including phenoxy) is 1. The molecule has 19 heavy (non-hydrogen) atoms. The zero-order valence-corrected chi connectivity index (χ0v) is 12.0. The summed E-state index contributed by atoms with van der Waals surface area (Å²) in [5.41, 5.74) is 1.64. The number of amides is 1. The Bertz CT molecular complexity index is 430. The Labute approximate surface area is 119 Å². The van der Waals surface area contributed by atoms with E-state index in [2.05, 4.69) is 12.2 Å². The van der Waals surface area contributed by atoms with Gasteiger partial charge in [-0.05, 0) is 43.4 Å². The Morgan fingerprint density at radius 2 is 2.21 bits per heavy atom. The number of benzene rings is 1. The van der Waals surface area contributed by atoms with E-state index in [1.807, 2.05) is 24.3 Å². The number of carbonyl (C=O) groups excluding carboxylic acids is 1. The molecule has 1 fully saturated rings. The van der Waals surface area contributed by atoms with Gasteiger partial charge in [0.15, 0.2) is 0 Å². The zero-order valence-electron chi connectivity index (χ0n) is 11.2. The van der Waals surface area contributed by atoms with E-state index in [1.165, 1.54) is 0 Å². The SMILES string of the molecule is CC(NC(=O)c1cccc(CCl)c1)C1CCOCC1. The molecule has 1 aliphatic rings. The summed E-state index contributed by atoms with van der Waals surface area (Å²) in [7, 11) is 0. The van der Waals surface area contributed by atoms with E-state index in [0.717, 1.165) is 31.6 Å². The van der Waals surface area contributed by atoms with Gasteiger partial charge in [0.2, 0.25) is 0 Å². The van der Waals surface area contributed by atoms with Gasteiger partial charge in [0.25, 0.3) is 5.91 Å². The molecule has 0 saturated carbocycles. The van der Waals surface area contributed by atoms with Gasteiger partial charge in [-0.3, -0.25) is 4.79 Å². The third-order valence-corrected chi connectivity index (χ3v) is 3.98. The smallest absolute Gasteiger partial charge is 0.251 e. The Balaban J connectivity index is 1.95. The van der Waals surface area contributed by atoms with Gasteiger partial charge in [0, 0.05) is 30.7 Å². The molecule has 3 nitrogen and oxygen atoms in total. The van der Waals surface area contributed by atoms with Crippen LogP contribution in [0.25, 0.3) is 0 Å². The number of hydrogen-bond donors (Lipinski definition) is 1. The normalized spacial score (nSPS) is 18.0. The highest BCUT2D eigenvalue weighted by Gasteiger charge is 2.22. The highest BCUT2D eigenvalue weighted by Crippen LogP contribution is 2.19. The van der Waals surface area contributed by atoms with Gasteiger partial charge in [-0.25, -0.2) is 0 Å². The van der Waals surface area contributed by atoms with E-state index in [9.17, 15) is 4.79 Å². The average molecular weight is 282 g/mol. The van der Waals surface area contributed by atoms with E-state index in [-0.39, 0.29) is 11.9 Å². The second-order valence-corrected chi connectivity index (χ2v) is 5.31. The molecule has 1 unspecified atom stereocenters. The minimum Gasteiger partial charge on any atom is -0.381 e. The Morgan fingerprint density at radius 1 is 1.47 bits per heavy atom. The van der Waals surface area contributed by atoms with Gasteiger partial charge >= 0.3 is 0 Å². The van der Waals surface area contributed by atoms with Crippen molar-refractivity contribution in [2.45, 2.75) is 31.7 Å². The monoisotopic (exact) mass is 281 g/mol. The Kier molecular flexibility index (Phi) is 5.23. The molecule has 1 N–H and O–H groups in total. The molecule has 104 valence electrons. The quantitative estimate of drug-likeness (QED) is 0.862. The number of hydrogen-bond acceptors (Lipinski definition) is 2. The molecule has 1 heterocycles. The number of halogens is 1. The summed E-state index contributed by atoms with van der Waals surface area (Å²) in [6, 6.07) is 7.63. The van der Waals surface area contributed by atoms with Crippen LogP contribution in [-0.4, -0.2) is 25.2 Å². The lowest BCUT2D eigenvalue weighted by Gasteiger charge is -2.28. The molecular formula is C15H20ClNO2. The predicted molar refractivity (Wildman–Crippen MR) is 76.5 cm³/mol. The van der Waals surface area contributed by atoms with Crippen molar-refractivity contribution in [2.24, 2.45) is 5.92 Å². The van der Waals surface area contributed by atoms with Crippen LogP contribution in [-0.2, 0) is 10.6 Å². The van der Waals surface area contributed by atoms with Crippen LogP contribution >= 0.6 is 11.6 Å². The first-order valence-electron chi connectivity index (χ1n) is 6.74. The molecule has 1 aromatic rings. The first-order valence-corrected chi connectivity index (χ1v) is 7.27. The predicted octanol–water partition coefficient (Wildman–Crippen LogP) is 2.97. The third-order valence-electron chi connectivity index (χ3n) is 3.68. The average Bonchev–Trinajstić information content (AvgIpc) is 2.48. The van der Waals surface area contributed by atoms with Gasteiger partial charge in [0.05, 0.1) is 0 Å². The summed E-state index contributed by atoms with van der Waals surface area (Å²) < 4.78 is 5.34. The fourth-order valence-electron chi connectivity index (χ4n) is 2.42. The van der Waals surface area contributed by atoms with E-state index >= 15 is 0 Å². The second kappa shape index (κ2) is 6.92. The fourth-order valence-corrected chi connectivity index (χ4v) is 2.59. The molecule has 0 aliphatic carbocycles. The first kappa shape index (κ1) is 14.4. The first-order chi connectivity index (χ1) is 9.20. The van der Waals surface area contributed by atoms with Crippen LogP contribution in [0.15, 0.2) is 24.3 Å². The molecule has 2 rings (SSSR count). The molecule has 0 aromatic heterocycles. The molecule has 1 amide bonds. The molecule has 4 heteroatoms. The summed E-state index contributed by atoms with van der Waals surface area (Å²) in [6.45, 7) is 3.67. The molecule has 0 spiro atoms. The van der Waals surface area contributed by atoms with Crippen molar-refractivity contribution in [3.05, 3.63) is 35.4 Å². The molecule has 1 aromatic carbocycles. The fraction of sp³-hybridized carbons (Fsp3) is 0.533. The lowest BCUT2D eigenvalue weighted by atomic mass is 9.92. The van der Waals surface area contributed by atoms with Crippen molar-refractivity contribution in [2.75, 3.05) is 13.2 Å². The van der Waals surface area contributed by atoms with Crippen molar-refractivity contribution in [3.63, 3.8) is 0 Å². The van der Waals surface area contributed by atoms with Crippen LogP contribution in [0.5, 0.6) is 0 Å². The van der Waals surface area contributed by atoms with Crippen LogP contribution in [0.1, 0.15) is 35.7 Å². The van der Waals surface area contributed by atoms with Crippen molar-refractivity contribution >= 4 is 17.5 Å². The summed E-state index contributed by atoms with van der Waals surface area (Å²) in [5, 5.41) is 3.08. The minimum absolute atomic E-state index is 0.0223. The number of rotatable bonds is 4. The second-order valence-electron chi connectivity index (χ2n) is 5.05. The topological polar surface area (TPSA) is 38.3 Å². The van der Waals surface area contributed by atoms with Crippen molar-refractivity contribution in [1.82, 2.24) is 5.32 Å². The van der Waals surface area contributed by atoms with Crippen LogP contribution in [0.2, 0.25) is 0 Å². The van der Waals surface area contributed by atoms with Gasteiger partial charge in [-0.1, -0.05) is 12.1 Å². The maximum absolute atomic E-state index is 12.2.